The maximum Gasteiger partial charge on any atom is 0.191 e. The molecule has 1 atom stereocenters. The fraction of sp³-hybridized carbons (Fsp3) is 0.562. The summed E-state index contributed by atoms with van der Waals surface area (Å²) in [6, 6.07) is 5.70. The zero-order valence-electron chi connectivity index (χ0n) is 13.7. The van der Waals surface area contributed by atoms with Gasteiger partial charge in [0.05, 0.1) is 6.54 Å². The summed E-state index contributed by atoms with van der Waals surface area (Å²) in [7, 11) is 0. The van der Waals surface area contributed by atoms with Gasteiger partial charge in [-0.15, -0.1) is 24.0 Å². The molecule has 0 radical (unpaired) electrons. The average Bonchev–Trinajstić information content (AvgIpc) is 2.52. The quantitative estimate of drug-likeness (QED) is 0.240. The van der Waals surface area contributed by atoms with Gasteiger partial charge in [0.2, 0.25) is 0 Å². The highest BCUT2D eigenvalue weighted by molar-refractivity contribution is 14.0. The Labute approximate surface area is 154 Å². The number of nitrogens with zero attached hydrogens (tertiary/aromatic N) is 1. The molecule has 132 valence electrons. The Hall–Kier alpha value is -1.09. The van der Waals surface area contributed by atoms with E-state index < -0.39 is 6.10 Å². The van der Waals surface area contributed by atoms with Crippen LogP contribution in [0.25, 0.3) is 0 Å². The Morgan fingerprint density at radius 1 is 1.26 bits per heavy atom. The van der Waals surface area contributed by atoms with Crippen molar-refractivity contribution in [3.8, 4) is 5.75 Å². The average molecular weight is 439 g/mol. The van der Waals surface area contributed by atoms with Gasteiger partial charge in [-0.25, -0.2) is 4.39 Å². The topological polar surface area (TPSA) is 65.9 Å². The molecule has 0 aliphatic heterocycles. The molecule has 0 spiro atoms. The van der Waals surface area contributed by atoms with Gasteiger partial charge < -0.3 is 20.5 Å². The molecule has 0 bridgehead atoms. The first kappa shape index (κ1) is 21.9. The lowest BCUT2D eigenvalue weighted by Gasteiger charge is -2.13. The van der Waals surface area contributed by atoms with Crippen LogP contribution in [-0.2, 0) is 0 Å². The summed E-state index contributed by atoms with van der Waals surface area (Å²) >= 11 is 0. The number of guanidine groups is 1. The number of unbranched alkanes of at least 4 members (excludes halogenated alkanes) is 1. The Morgan fingerprint density at radius 2 is 1.96 bits per heavy atom. The highest BCUT2D eigenvalue weighted by atomic mass is 127. The van der Waals surface area contributed by atoms with Crippen molar-refractivity contribution in [2.45, 2.75) is 32.8 Å². The van der Waals surface area contributed by atoms with Crippen LogP contribution in [0, 0.1) is 5.82 Å². The number of rotatable bonds is 9. The summed E-state index contributed by atoms with van der Waals surface area (Å²) < 4.78 is 18.1. The minimum Gasteiger partial charge on any atom is -0.491 e. The van der Waals surface area contributed by atoms with Crippen molar-refractivity contribution < 1.29 is 14.2 Å². The normalized spacial score (nSPS) is 12.3. The van der Waals surface area contributed by atoms with Gasteiger partial charge in [-0.1, -0.05) is 13.3 Å². The van der Waals surface area contributed by atoms with Crippen LogP contribution in [0.3, 0.4) is 0 Å². The summed E-state index contributed by atoms with van der Waals surface area (Å²) in [5.74, 6) is 0.903. The zero-order chi connectivity index (χ0) is 16.2. The van der Waals surface area contributed by atoms with Crippen LogP contribution in [-0.4, -0.2) is 43.4 Å². The Kier molecular flexibility index (Phi) is 12.7. The molecule has 1 rings (SSSR count). The molecular weight excluding hydrogens is 412 g/mol. The van der Waals surface area contributed by atoms with Crippen molar-refractivity contribution in [3.63, 3.8) is 0 Å². The molecule has 0 saturated heterocycles. The number of aliphatic hydroxyl groups is 1. The second-order valence-corrected chi connectivity index (χ2v) is 4.92. The number of aliphatic hydroxyl groups excluding tert-OH is 1. The van der Waals surface area contributed by atoms with E-state index in [1.807, 2.05) is 6.92 Å². The van der Waals surface area contributed by atoms with Crippen molar-refractivity contribution in [1.82, 2.24) is 10.6 Å². The first-order chi connectivity index (χ1) is 10.7. The highest BCUT2D eigenvalue weighted by Crippen LogP contribution is 2.11. The van der Waals surface area contributed by atoms with Crippen molar-refractivity contribution in [3.05, 3.63) is 30.1 Å². The fourth-order valence-corrected chi connectivity index (χ4v) is 1.70. The van der Waals surface area contributed by atoms with Crippen molar-refractivity contribution >= 4 is 29.9 Å². The minimum atomic E-state index is -0.716. The smallest absolute Gasteiger partial charge is 0.191 e. The second kappa shape index (κ2) is 13.4. The third-order valence-corrected chi connectivity index (χ3v) is 2.88. The van der Waals surface area contributed by atoms with Gasteiger partial charge in [-0.2, -0.15) is 0 Å². The van der Waals surface area contributed by atoms with E-state index in [4.69, 9.17) is 4.74 Å². The largest absolute Gasteiger partial charge is 0.491 e. The summed E-state index contributed by atoms with van der Waals surface area (Å²) in [5, 5.41) is 16.2. The van der Waals surface area contributed by atoms with Crippen LogP contribution < -0.4 is 15.4 Å². The predicted molar refractivity (Wildman–Crippen MR) is 102 cm³/mol. The highest BCUT2D eigenvalue weighted by Gasteiger charge is 2.06. The third kappa shape index (κ3) is 10.3. The van der Waals surface area contributed by atoms with E-state index in [9.17, 15) is 9.50 Å². The van der Waals surface area contributed by atoms with E-state index in [2.05, 4.69) is 22.5 Å². The molecule has 3 N–H and O–H groups in total. The molecule has 1 aromatic rings. The Morgan fingerprint density at radius 3 is 2.57 bits per heavy atom. The number of halogens is 2. The van der Waals surface area contributed by atoms with Crippen molar-refractivity contribution in [1.29, 1.82) is 0 Å². The first-order valence-electron chi connectivity index (χ1n) is 7.74. The first-order valence-corrected chi connectivity index (χ1v) is 7.74. The molecule has 5 nitrogen and oxygen atoms in total. The van der Waals surface area contributed by atoms with Crippen LogP contribution in [0.15, 0.2) is 29.3 Å². The number of hydrogen-bond donors (Lipinski definition) is 3. The van der Waals surface area contributed by atoms with Gasteiger partial charge in [0, 0.05) is 13.1 Å². The van der Waals surface area contributed by atoms with E-state index in [-0.39, 0.29) is 42.9 Å². The van der Waals surface area contributed by atoms with E-state index in [0.29, 0.717) is 11.7 Å². The molecule has 0 fully saturated rings. The standard InChI is InChI=1S/C16H26FN3O2.HI/c1-3-5-10-19-16(18-4-2)20-11-14(21)12-22-15-8-6-13(17)7-9-15;/h6-9,14,21H,3-5,10-12H2,1-2H3,(H2,18,19,20);1H. The van der Waals surface area contributed by atoms with E-state index in [1.165, 1.54) is 24.3 Å². The Bertz CT molecular complexity index is 443. The summed E-state index contributed by atoms with van der Waals surface area (Å²) in [4.78, 5) is 4.32. The van der Waals surface area contributed by atoms with Gasteiger partial charge in [-0.3, -0.25) is 4.99 Å². The maximum absolute atomic E-state index is 12.8. The van der Waals surface area contributed by atoms with Gasteiger partial charge in [0.1, 0.15) is 24.3 Å². The minimum absolute atomic E-state index is 0. The monoisotopic (exact) mass is 439 g/mol. The van der Waals surface area contributed by atoms with Gasteiger partial charge in [0.15, 0.2) is 5.96 Å². The molecular formula is C16H27FIN3O2. The lowest BCUT2D eigenvalue weighted by Crippen LogP contribution is -2.38. The van der Waals surface area contributed by atoms with Crippen LogP contribution in [0.2, 0.25) is 0 Å². The Balaban J connectivity index is 0.00000484. The lowest BCUT2D eigenvalue weighted by molar-refractivity contribution is 0.114. The molecule has 0 aliphatic carbocycles. The van der Waals surface area contributed by atoms with Gasteiger partial charge in [0.25, 0.3) is 0 Å². The molecule has 0 aromatic heterocycles. The van der Waals surface area contributed by atoms with Gasteiger partial charge >= 0.3 is 0 Å². The van der Waals surface area contributed by atoms with Crippen molar-refractivity contribution in [2.75, 3.05) is 26.2 Å². The number of aliphatic imine (C=N–C) groups is 1. The predicted octanol–water partition coefficient (Wildman–Crippen LogP) is 2.54. The lowest BCUT2D eigenvalue weighted by atomic mass is 10.3. The number of hydrogen-bond acceptors (Lipinski definition) is 3. The SMILES string of the molecule is CCCCNC(=NCC(O)COc1ccc(F)cc1)NCC.I. The van der Waals surface area contributed by atoms with Crippen LogP contribution in [0.5, 0.6) is 5.75 Å². The summed E-state index contributed by atoms with van der Waals surface area (Å²) in [6.07, 6.45) is 1.47. The maximum atomic E-state index is 12.8. The van der Waals surface area contributed by atoms with Crippen LogP contribution >= 0.6 is 24.0 Å². The number of nitrogens with one attached hydrogen (secondary N) is 2. The molecule has 0 amide bonds. The second-order valence-electron chi connectivity index (χ2n) is 4.92. The zero-order valence-corrected chi connectivity index (χ0v) is 16.0. The van der Waals surface area contributed by atoms with E-state index >= 15 is 0 Å². The van der Waals surface area contributed by atoms with Crippen molar-refractivity contribution in [2.24, 2.45) is 4.99 Å². The molecule has 23 heavy (non-hydrogen) atoms. The summed E-state index contributed by atoms with van der Waals surface area (Å²) in [5.41, 5.74) is 0. The third-order valence-electron chi connectivity index (χ3n) is 2.88. The molecule has 0 saturated carbocycles. The van der Waals surface area contributed by atoms with Crippen LogP contribution in [0.1, 0.15) is 26.7 Å². The van der Waals surface area contributed by atoms with E-state index in [1.54, 1.807) is 0 Å². The number of benzene rings is 1. The van der Waals surface area contributed by atoms with E-state index in [0.717, 1.165) is 25.9 Å². The molecule has 1 unspecified atom stereocenters. The van der Waals surface area contributed by atoms with Crippen LogP contribution in [0.4, 0.5) is 4.39 Å². The summed E-state index contributed by atoms with van der Waals surface area (Å²) in [6.45, 7) is 6.09. The van der Waals surface area contributed by atoms with Gasteiger partial charge in [-0.05, 0) is 37.6 Å². The molecule has 7 heteroatoms. The molecule has 0 aliphatic rings. The number of ether oxygens (including phenoxy) is 1. The molecule has 0 heterocycles. The molecule has 1 aromatic carbocycles. The fourth-order valence-electron chi connectivity index (χ4n) is 1.70.